The summed E-state index contributed by atoms with van der Waals surface area (Å²) >= 11 is 1.61. The van der Waals surface area contributed by atoms with Gasteiger partial charge in [0, 0.05) is 31.1 Å². The van der Waals surface area contributed by atoms with E-state index in [2.05, 4.69) is 39.4 Å². The smallest absolute Gasteiger partial charge is 0.212 e. The molecular formula is C21H23N5O3S. The zero-order valence-electron chi connectivity index (χ0n) is 17.5. The van der Waals surface area contributed by atoms with E-state index in [1.807, 2.05) is 26.2 Å². The molecule has 1 aromatic heterocycles. The Kier molecular flexibility index (Phi) is 5.54. The second-order valence-corrected chi connectivity index (χ2v) is 7.75. The van der Waals surface area contributed by atoms with E-state index in [1.165, 1.54) is 0 Å². The quantitative estimate of drug-likeness (QED) is 0.599. The van der Waals surface area contributed by atoms with E-state index < -0.39 is 0 Å². The first-order chi connectivity index (χ1) is 14.5. The number of nitrogens with zero attached hydrogens (tertiary/aromatic N) is 5. The molecule has 9 heteroatoms. The molecule has 1 aliphatic rings. The maximum Gasteiger partial charge on any atom is 0.212 e. The molecule has 156 valence electrons. The van der Waals surface area contributed by atoms with E-state index in [-0.39, 0.29) is 0 Å². The number of methoxy groups -OCH3 is 3. The highest BCUT2D eigenvalue weighted by Gasteiger charge is 2.23. The van der Waals surface area contributed by atoms with Crippen molar-refractivity contribution >= 4 is 23.2 Å². The predicted octanol–water partition coefficient (Wildman–Crippen LogP) is 3.40. The fourth-order valence-electron chi connectivity index (χ4n) is 3.21. The van der Waals surface area contributed by atoms with E-state index >= 15 is 0 Å². The van der Waals surface area contributed by atoms with Gasteiger partial charge in [-0.2, -0.15) is 9.78 Å². The van der Waals surface area contributed by atoms with Gasteiger partial charge in [-0.05, 0) is 29.8 Å². The molecule has 4 rings (SSSR count). The highest BCUT2D eigenvalue weighted by Crippen LogP contribution is 2.41. The van der Waals surface area contributed by atoms with Gasteiger partial charge in [0.2, 0.25) is 10.9 Å². The Morgan fingerprint density at radius 3 is 2.13 bits per heavy atom. The van der Waals surface area contributed by atoms with Gasteiger partial charge in [-0.1, -0.05) is 23.9 Å². The van der Waals surface area contributed by atoms with Crippen molar-refractivity contribution < 1.29 is 14.2 Å². The molecular weight excluding hydrogens is 402 g/mol. The zero-order chi connectivity index (χ0) is 21.3. The van der Waals surface area contributed by atoms with E-state index in [1.54, 1.807) is 37.8 Å². The van der Waals surface area contributed by atoms with Gasteiger partial charge in [0.1, 0.15) is 0 Å². The number of thioether (sulfide) groups is 1. The fourth-order valence-corrected chi connectivity index (χ4v) is 4.05. The van der Waals surface area contributed by atoms with Crippen molar-refractivity contribution in [3.8, 4) is 28.6 Å². The van der Waals surface area contributed by atoms with Gasteiger partial charge >= 0.3 is 0 Å². The molecule has 0 saturated heterocycles. The third-order valence-corrected chi connectivity index (χ3v) is 5.74. The van der Waals surface area contributed by atoms with E-state index in [9.17, 15) is 0 Å². The van der Waals surface area contributed by atoms with Crippen LogP contribution < -0.4 is 19.1 Å². The molecule has 0 N–H and O–H groups in total. The summed E-state index contributed by atoms with van der Waals surface area (Å²) in [6.07, 6.45) is 0. The summed E-state index contributed by atoms with van der Waals surface area (Å²) in [5.74, 6) is 2.97. The van der Waals surface area contributed by atoms with Crippen LogP contribution in [0.1, 0.15) is 5.56 Å². The van der Waals surface area contributed by atoms with E-state index in [4.69, 9.17) is 19.3 Å². The van der Waals surface area contributed by atoms with Crippen molar-refractivity contribution in [2.24, 2.45) is 5.10 Å². The van der Waals surface area contributed by atoms with Crippen LogP contribution in [0.15, 0.2) is 46.7 Å². The van der Waals surface area contributed by atoms with Crippen LogP contribution in [0, 0.1) is 0 Å². The monoisotopic (exact) mass is 425 g/mol. The molecule has 8 nitrogen and oxygen atoms in total. The third-order valence-electron chi connectivity index (χ3n) is 4.81. The molecule has 0 unspecified atom stereocenters. The Morgan fingerprint density at radius 2 is 1.57 bits per heavy atom. The van der Waals surface area contributed by atoms with E-state index in [0.29, 0.717) is 23.1 Å². The van der Waals surface area contributed by atoms with Crippen LogP contribution in [0.5, 0.6) is 17.2 Å². The minimum atomic E-state index is 0.529. The lowest BCUT2D eigenvalue weighted by atomic mass is 10.1. The van der Waals surface area contributed by atoms with Gasteiger partial charge in [-0.3, -0.25) is 0 Å². The average molecular weight is 426 g/mol. The number of rotatable bonds is 6. The van der Waals surface area contributed by atoms with E-state index in [0.717, 1.165) is 33.4 Å². The number of aromatic nitrogens is 3. The third kappa shape index (κ3) is 3.56. The molecule has 0 saturated carbocycles. The summed E-state index contributed by atoms with van der Waals surface area (Å²) in [6.45, 7) is 0. The standard InChI is InChI=1S/C21H23N5O3S/c1-25(2)15-8-6-13(7-9-15)16-12-30-21-23-22-20(26(21)24-16)14-10-17(27-3)19(29-5)18(11-14)28-4/h6-11H,12H2,1-5H3. The van der Waals surface area contributed by atoms with Crippen molar-refractivity contribution in [2.45, 2.75) is 5.16 Å². The van der Waals surface area contributed by atoms with Crippen molar-refractivity contribution in [3.63, 3.8) is 0 Å². The second-order valence-electron chi connectivity index (χ2n) is 6.81. The largest absolute Gasteiger partial charge is 0.493 e. The maximum atomic E-state index is 5.47. The summed E-state index contributed by atoms with van der Waals surface area (Å²) in [5, 5.41) is 14.3. The van der Waals surface area contributed by atoms with Crippen LogP contribution in [0.4, 0.5) is 5.69 Å². The predicted molar refractivity (Wildman–Crippen MR) is 119 cm³/mol. The summed E-state index contributed by atoms with van der Waals surface area (Å²) < 4.78 is 18.1. The number of ether oxygens (including phenoxy) is 3. The lowest BCUT2D eigenvalue weighted by Gasteiger charge is -2.17. The molecule has 3 aromatic rings. The number of hydrogen-bond donors (Lipinski definition) is 0. The van der Waals surface area contributed by atoms with Gasteiger partial charge in [0.25, 0.3) is 0 Å². The summed E-state index contributed by atoms with van der Waals surface area (Å²) in [5.41, 5.74) is 3.96. The number of hydrogen-bond acceptors (Lipinski definition) is 8. The Labute approximate surface area is 179 Å². The van der Waals surface area contributed by atoms with Gasteiger partial charge in [0.15, 0.2) is 17.3 Å². The van der Waals surface area contributed by atoms with Crippen molar-refractivity contribution in [1.29, 1.82) is 0 Å². The summed E-state index contributed by atoms with van der Waals surface area (Å²) in [7, 11) is 8.80. The first-order valence-corrected chi connectivity index (χ1v) is 10.3. The minimum absolute atomic E-state index is 0.529. The summed E-state index contributed by atoms with van der Waals surface area (Å²) in [6, 6.07) is 12.0. The molecule has 0 spiro atoms. The van der Waals surface area contributed by atoms with Gasteiger partial charge in [0.05, 0.1) is 27.0 Å². The van der Waals surface area contributed by atoms with Crippen LogP contribution in [0.3, 0.4) is 0 Å². The number of anilines is 1. The molecule has 30 heavy (non-hydrogen) atoms. The van der Waals surface area contributed by atoms with Crippen LogP contribution in [-0.2, 0) is 0 Å². The molecule has 0 bridgehead atoms. The van der Waals surface area contributed by atoms with Crippen LogP contribution in [0.2, 0.25) is 0 Å². The SMILES string of the molecule is COc1cc(-c2nnc3n2N=C(c2ccc(N(C)C)cc2)CS3)cc(OC)c1OC. The molecule has 0 radical (unpaired) electrons. The zero-order valence-corrected chi connectivity index (χ0v) is 18.4. The highest BCUT2D eigenvalue weighted by atomic mass is 32.2. The van der Waals surface area contributed by atoms with Crippen molar-refractivity contribution in [3.05, 3.63) is 42.0 Å². The number of benzene rings is 2. The van der Waals surface area contributed by atoms with Crippen molar-refractivity contribution in [2.75, 3.05) is 46.1 Å². The van der Waals surface area contributed by atoms with Gasteiger partial charge in [-0.25, -0.2) is 0 Å². The normalized spacial score (nSPS) is 12.8. The number of fused-ring (bicyclic) bond motifs is 1. The van der Waals surface area contributed by atoms with Gasteiger partial charge < -0.3 is 19.1 Å². The van der Waals surface area contributed by atoms with Crippen LogP contribution >= 0.6 is 11.8 Å². The second kappa shape index (κ2) is 8.27. The lowest BCUT2D eigenvalue weighted by molar-refractivity contribution is 0.324. The first-order valence-electron chi connectivity index (χ1n) is 9.30. The molecule has 0 atom stereocenters. The molecule has 0 amide bonds. The molecule has 2 aromatic carbocycles. The lowest BCUT2D eigenvalue weighted by Crippen LogP contribution is -2.14. The Hall–Kier alpha value is -3.20. The molecule has 1 aliphatic heterocycles. The first kappa shape index (κ1) is 20.1. The maximum absolute atomic E-state index is 5.47. The highest BCUT2D eigenvalue weighted by molar-refractivity contribution is 7.99. The molecule has 0 aliphatic carbocycles. The van der Waals surface area contributed by atoms with Crippen LogP contribution in [0.25, 0.3) is 11.4 Å². The van der Waals surface area contributed by atoms with Crippen molar-refractivity contribution in [1.82, 2.24) is 14.9 Å². The van der Waals surface area contributed by atoms with Crippen LogP contribution in [-0.4, -0.2) is 61.8 Å². The Bertz CT molecular complexity index is 1070. The minimum Gasteiger partial charge on any atom is -0.493 e. The topological polar surface area (TPSA) is 74.0 Å². The average Bonchev–Trinajstić information content (AvgIpc) is 3.21. The Balaban J connectivity index is 1.76. The molecule has 2 heterocycles. The summed E-state index contributed by atoms with van der Waals surface area (Å²) in [4.78, 5) is 2.07. The fraction of sp³-hybridized carbons (Fsp3) is 0.286. The van der Waals surface area contributed by atoms with Gasteiger partial charge in [-0.15, -0.1) is 10.2 Å². The molecule has 0 fully saturated rings. The Morgan fingerprint density at radius 1 is 0.900 bits per heavy atom.